The molecule has 4 rings (SSSR count). The Bertz CT molecular complexity index is 1220. The van der Waals surface area contributed by atoms with Crippen LogP contribution >= 0.6 is 0 Å². The summed E-state index contributed by atoms with van der Waals surface area (Å²) in [4.78, 5) is 43.4. The zero-order valence-corrected chi connectivity index (χ0v) is 18.4. The van der Waals surface area contributed by atoms with E-state index in [1.54, 1.807) is 49.6 Å². The summed E-state index contributed by atoms with van der Waals surface area (Å²) in [6.45, 7) is 1.35. The van der Waals surface area contributed by atoms with E-state index in [1.807, 2.05) is 0 Å². The molecule has 2 amide bonds. The van der Waals surface area contributed by atoms with E-state index >= 15 is 0 Å². The first kappa shape index (κ1) is 22.9. The van der Waals surface area contributed by atoms with Gasteiger partial charge in [-0.1, -0.05) is 6.07 Å². The number of ether oxygens (including phenoxy) is 2. The van der Waals surface area contributed by atoms with Crippen molar-refractivity contribution in [1.82, 2.24) is 10.3 Å². The number of benzene rings is 2. The molecule has 0 saturated carbocycles. The van der Waals surface area contributed by atoms with E-state index in [4.69, 9.17) is 9.47 Å². The zero-order chi connectivity index (χ0) is 24.1. The van der Waals surface area contributed by atoms with Crippen molar-refractivity contribution in [3.05, 3.63) is 83.9 Å². The lowest BCUT2D eigenvalue weighted by molar-refractivity contribution is -0.127. The average Bonchev–Trinajstić information content (AvgIpc) is 2.85. The quantitative estimate of drug-likeness (QED) is 0.516. The third-order valence-corrected chi connectivity index (χ3v) is 5.31. The van der Waals surface area contributed by atoms with Gasteiger partial charge in [0.15, 0.2) is 19.0 Å². The summed E-state index contributed by atoms with van der Waals surface area (Å²) in [7, 11) is 0. The van der Waals surface area contributed by atoms with Gasteiger partial charge in [-0.3, -0.25) is 24.3 Å². The Kier molecular flexibility index (Phi) is 6.82. The van der Waals surface area contributed by atoms with E-state index in [9.17, 15) is 18.8 Å². The summed E-state index contributed by atoms with van der Waals surface area (Å²) >= 11 is 0. The second kappa shape index (κ2) is 10.1. The molecule has 9 heteroatoms. The van der Waals surface area contributed by atoms with Gasteiger partial charge in [-0.2, -0.15) is 0 Å². The molecule has 1 aromatic heterocycles. The van der Waals surface area contributed by atoms with Crippen LogP contribution < -0.4 is 19.7 Å². The van der Waals surface area contributed by atoms with E-state index in [2.05, 4.69) is 10.3 Å². The Morgan fingerprint density at radius 3 is 2.74 bits per heavy atom. The van der Waals surface area contributed by atoms with Crippen LogP contribution in [-0.4, -0.2) is 41.8 Å². The molecule has 0 fully saturated rings. The molecular weight excluding hydrogens is 441 g/mol. The minimum absolute atomic E-state index is 0.217. The second-order valence-corrected chi connectivity index (χ2v) is 7.65. The van der Waals surface area contributed by atoms with Gasteiger partial charge in [0.25, 0.3) is 5.91 Å². The standard InChI is InChI=1S/C25H22FN3O5/c1-16(25(32)28-13-17-7-9-27-10-8-17)29-21-11-18(5-6-23(21)34-15-24(29)31)22(30)14-33-20-4-2-3-19(26)12-20/h2-12,16H,13-15H2,1H3,(H,28,32). The average molecular weight is 463 g/mol. The van der Waals surface area contributed by atoms with Crippen LogP contribution in [0.4, 0.5) is 10.1 Å². The summed E-state index contributed by atoms with van der Waals surface area (Å²) in [5.41, 5.74) is 1.46. The number of nitrogens with zero attached hydrogens (tertiary/aromatic N) is 2. The van der Waals surface area contributed by atoms with E-state index in [1.165, 1.54) is 29.2 Å². The third-order valence-electron chi connectivity index (χ3n) is 5.31. The molecule has 2 heterocycles. The first-order chi connectivity index (χ1) is 16.4. The fraction of sp³-hybridized carbons (Fsp3) is 0.200. The minimum atomic E-state index is -0.842. The summed E-state index contributed by atoms with van der Waals surface area (Å²) in [6.07, 6.45) is 3.26. The fourth-order valence-corrected chi connectivity index (χ4v) is 3.51. The molecule has 0 radical (unpaired) electrons. The Balaban J connectivity index is 1.49. The molecule has 0 aliphatic carbocycles. The van der Waals surface area contributed by atoms with Crippen LogP contribution in [0, 0.1) is 5.82 Å². The number of pyridine rings is 1. The molecule has 8 nitrogen and oxygen atoms in total. The lowest BCUT2D eigenvalue weighted by Crippen LogP contribution is -2.51. The molecule has 0 bridgehead atoms. The van der Waals surface area contributed by atoms with Crippen LogP contribution in [0.3, 0.4) is 0 Å². The molecule has 1 aliphatic heterocycles. The largest absolute Gasteiger partial charge is 0.485 e. The number of hydrogen-bond donors (Lipinski definition) is 1. The smallest absolute Gasteiger partial charge is 0.265 e. The number of amides is 2. The van der Waals surface area contributed by atoms with Gasteiger partial charge in [0.1, 0.15) is 23.4 Å². The number of fused-ring (bicyclic) bond motifs is 1. The van der Waals surface area contributed by atoms with Gasteiger partial charge >= 0.3 is 0 Å². The monoisotopic (exact) mass is 463 g/mol. The molecule has 1 unspecified atom stereocenters. The maximum absolute atomic E-state index is 13.3. The Morgan fingerprint density at radius 2 is 1.97 bits per heavy atom. The van der Waals surface area contributed by atoms with E-state index < -0.39 is 17.8 Å². The molecule has 1 aliphatic rings. The van der Waals surface area contributed by atoms with Gasteiger partial charge in [-0.15, -0.1) is 0 Å². The first-order valence-corrected chi connectivity index (χ1v) is 10.6. The van der Waals surface area contributed by atoms with Gasteiger partial charge < -0.3 is 14.8 Å². The van der Waals surface area contributed by atoms with Gasteiger partial charge in [0.05, 0.1) is 5.69 Å². The lowest BCUT2D eigenvalue weighted by atomic mass is 10.1. The minimum Gasteiger partial charge on any atom is -0.485 e. The van der Waals surface area contributed by atoms with Crippen LogP contribution in [0.5, 0.6) is 11.5 Å². The Morgan fingerprint density at radius 1 is 1.18 bits per heavy atom. The number of carbonyl (C=O) groups excluding carboxylic acids is 3. The number of hydrogen-bond acceptors (Lipinski definition) is 6. The summed E-state index contributed by atoms with van der Waals surface area (Å²) in [5.74, 6) is -0.994. The van der Waals surface area contributed by atoms with Crippen LogP contribution in [0.2, 0.25) is 0 Å². The summed E-state index contributed by atoms with van der Waals surface area (Å²) in [6, 6.07) is 12.8. The molecular formula is C25H22FN3O5. The highest BCUT2D eigenvalue weighted by atomic mass is 19.1. The van der Waals surface area contributed by atoms with Crippen molar-refractivity contribution in [3.63, 3.8) is 0 Å². The zero-order valence-electron chi connectivity index (χ0n) is 18.4. The number of halogens is 1. The summed E-state index contributed by atoms with van der Waals surface area (Å²) in [5, 5.41) is 2.81. The van der Waals surface area contributed by atoms with Crippen LogP contribution in [0.25, 0.3) is 0 Å². The highest BCUT2D eigenvalue weighted by Crippen LogP contribution is 2.34. The molecule has 3 aromatic rings. The number of carbonyl (C=O) groups is 3. The molecule has 0 spiro atoms. The molecule has 1 N–H and O–H groups in total. The predicted octanol–water partition coefficient (Wildman–Crippen LogP) is 2.91. The van der Waals surface area contributed by atoms with E-state index in [0.717, 1.165) is 5.56 Å². The maximum Gasteiger partial charge on any atom is 0.265 e. The fourth-order valence-electron chi connectivity index (χ4n) is 3.51. The second-order valence-electron chi connectivity index (χ2n) is 7.65. The third kappa shape index (κ3) is 5.20. The van der Waals surface area contributed by atoms with E-state index in [-0.39, 0.29) is 42.8 Å². The van der Waals surface area contributed by atoms with Crippen molar-refractivity contribution in [2.24, 2.45) is 0 Å². The number of nitrogens with one attached hydrogen (secondary N) is 1. The van der Waals surface area contributed by atoms with Crippen molar-refractivity contribution in [1.29, 1.82) is 0 Å². The highest BCUT2D eigenvalue weighted by molar-refractivity contribution is 6.05. The van der Waals surface area contributed by atoms with Gasteiger partial charge in [-0.25, -0.2) is 4.39 Å². The first-order valence-electron chi connectivity index (χ1n) is 10.6. The number of ketones is 1. The molecule has 34 heavy (non-hydrogen) atoms. The predicted molar refractivity (Wildman–Crippen MR) is 121 cm³/mol. The highest BCUT2D eigenvalue weighted by Gasteiger charge is 2.33. The maximum atomic E-state index is 13.3. The van der Waals surface area contributed by atoms with Crippen molar-refractivity contribution in [3.8, 4) is 11.5 Å². The number of Topliss-reactive ketones (excluding diaryl/α,β-unsaturated/α-hetero) is 1. The Labute approximate surface area is 195 Å². The van der Waals surface area contributed by atoms with E-state index in [0.29, 0.717) is 11.4 Å². The molecule has 174 valence electrons. The SMILES string of the molecule is CC(C(=O)NCc1ccncc1)N1C(=O)COc2ccc(C(=O)COc3cccc(F)c3)cc21. The van der Waals surface area contributed by atoms with Crippen molar-refractivity contribution < 1.29 is 28.2 Å². The normalized spacial score (nSPS) is 13.5. The molecule has 1 atom stereocenters. The number of anilines is 1. The van der Waals surface area contributed by atoms with Gasteiger partial charge in [0.2, 0.25) is 5.91 Å². The van der Waals surface area contributed by atoms with Crippen LogP contribution in [0.1, 0.15) is 22.8 Å². The van der Waals surface area contributed by atoms with Gasteiger partial charge in [-0.05, 0) is 55.0 Å². The van der Waals surface area contributed by atoms with Crippen molar-refractivity contribution >= 4 is 23.3 Å². The van der Waals surface area contributed by atoms with Crippen LogP contribution in [-0.2, 0) is 16.1 Å². The Hall–Kier alpha value is -4.27. The van der Waals surface area contributed by atoms with Crippen LogP contribution in [0.15, 0.2) is 67.0 Å². The number of rotatable bonds is 8. The number of aromatic nitrogens is 1. The van der Waals surface area contributed by atoms with Crippen molar-refractivity contribution in [2.75, 3.05) is 18.1 Å². The van der Waals surface area contributed by atoms with Crippen molar-refractivity contribution in [2.45, 2.75) is 19.5 Å². The molecule has 2 aromatic carbocycles. The summed E-state index contributed by atoms with van der Waals surface area (Å²) < 4.78 is 24.2. The van der Waals surface area contributed by atoms with Gasteiger partial charge in [0, 0.05) is 30.6 Å². The lowest BCUT2D eigenvalue weighted by Gasteiger charge is -2.33. The molecule has 0 saturated heterocycles. The topological polar surface area (TPSA) is 97.8 Å².